The first-order valence-corrected chi connectivity index (χ1v) is 15.4. The van der Waals surface area contributed by atoms with Gasteiger partial charge in [0.05, 0.1) is 17.8 Å². The van der Waals surface area contributed by atoms with Gasteiger partial charge in [-0.1, -0.05) is 48.5 Å². The van der Waals surface area contributed by atoms with Crippen LogP contribution in [0, 0.1) is 23.2 Å². The summed E-state index contributed by atoms with van der Waals surface area (Å²) in [5.74, 6) is 2.61. The summed E-state index contributed by atoms with van der Waals surface area (Å²) in [7, 11) is -0.368. The number of aliphatic hydroxyl groups is 2. The molecule has 1 spiro atoms. The molecule has 208 valence electrons. The Balaban J connectivity index is 1.16. The van der Waals surface area contributed by atoms with Crippen molar-refractivity contribution >= 4 is 23.4 Å². The van der Waals surface area contributed by atoms with Crippen LogP contribution in [0.15, 0.2) is 54.6 Å². The lowest BCUT2D eigenvalue weighted by Gasteiger charge is -2.49. The molecule has 0 amide bonds. The highest BCUT2D eigenvalue weighted by Crippen LogP contribution is 2.79. The molecule has 2 N–H and O–H groups in total. The normalized spacial score (nSPS) is 35.2. The van der Waals surface area contributed by atoms with Gasteiger partial charge in [0.2, 0.25) is 0 Å². The molecule has 40 heavy (non-hydrogen) atoms. The predicted molar refractivity (Wildman–Crippen MR) is 159 cm³/mol. The molecule has 1 aliphatic heterocycles. The zero-order valence-electron chi connectivity index (χ0n) is 24.2. The molecule has 5 unspecified atom stereocenters. The molecule has 5 fully saturated rings. The smallest absolute Gasteiger partial charge is 0.399 e. The molecular weight excluding hydrogens is 495 g/mol. The van der Waals surface area contributed by atoms with Crippen molar-refractivity contribution in [2.75, 3.05) is 6.61 Å². The Morgan fingerprint density at radius 2 is 1.52 bits per heavy atom. The van der Waals surface area contributed by atoms with E-state index in [4.69, 9.17) is 9.31 Å². The van der Waals surface area contributed by atoms with Gasteiger partial charge < -0.3 is 19.5 Å². The van der Waals surface area contributed by atoms with Crippen molar-refractivity contribution in [3.05, 3.63) is 65.7 Å². The van der Waals surface area contributed by atoms with E-state index in [-0.39, 0.29) is 30.3 Å². The van der Waals surface area contributed by atoms with Gasteiger partial charge in [-0.25, -0.2) is 0 Å². The lowest BCUT2D eigenvalue weighted by molar-refractivity contribution is -0.000246. The van der Waals surface area contributed by atoms with Crippen molar-refractivity contribution in [3.8, 4) is 11.1 Å². The molecule has 4 aliphatic carbocycles. The maximum atomic E-state index is 10.9. The van der Waals surface area contributed by atoms with Crippen LogP contribution in [-0.4, -0.2) is 35.1 Å². The Morgan fingerprint density at radius 3 is 2.30 bits per heavy atom. The molecule has 3 aromatic rings. The third-order valence-electron chi connectivity index (χ3n) is 12.3. The summed E-state index contributed by atoms with van der Waals surface area (Å²) in [6.45, 7) is 8.12. The van der Waals surface area contributed by atoms with E-state index in [0.29, 0.717) is 5.41 Å². The molecule has 0 radical (unpaired) electrons. The van der Waals surface area contributed by atoms with Crippen LogP contribution in [0.5, 0.6) is 0 Å². The summed E-state index contributed by atoms with van der Waals surface area (Å²) >= 11 is 0. The Labute approximate surface area is 238 Å². The van der Waals surface area contributed by atoms with E-state index in [1.807, 2.05) is 0 Å². The molecule has 3 bridgehead atoms. The Kier molecular flexibility index (Phi) is 5.25. The van der Waals surface area contributed by atoms with Gasteiger partial charge in [-0.05, 0) is 139 Å². The van der Waals surface area contributed by atoms with Crippen molar-refractivity contribution in [2.45, 2.75) is 88.9 Å². The van der Waals surface area contributed by atoms with Crippen molar-refractivity contribution in [3.63, 3.8) is 0 Å². The van der Waals surface area contributed by atoms with Gasteiger partial charge in [-0.2, -0.15) is 0 Å². The standard InChI is InChI=1S/C35H41BO4/c1-32(2)33(3,4)40-36(39-32)28-9-7-23-12-22(5-6-24(23)13-28)25-8-10-29(31(38)19-37)30(14-25)34-16-21-11-26-15-27(18-34)35(26,17-21)20-34/h5-10,12-14,21,26-27,31,37-38H,11,15-20H2,1-4H3/t21?,26?,27?,31?,34?,35-/m1/s1. The van der Waals surface area contributed by atoms with E-state index in [1.165, 1.54) is 66.0 Å². The van der Waals surface area contributed by atoms with Crippen LogP contribution in [0.2, 0.25) is 0 Å². The van der Waals surface area contributed by atoms with Crippen molar-refractivity contribution in [2.24, 2.45) is 23.2 Å². The minimum atomic E-state index is -0.824. The van der Waals surface area contributed by atoms with Crippen LogP contribution < -0.4 is 5.46 Å². The fraction of sp³-hybridized carbons (Fsp3) is 0.543. The third-order valence-corrected chi connectivity index (χ3v) is 12.3. The van der Waals surface area contributed by atoms with Gasteiger partial charge in [-0.15, -0.1) is 0 Å². The minimum Gasteiger partial charge on any atom is -0.399 e. The second-order valence-electron chi connectivity index (χ2n) is 14.9. The zero-order valence-corrected chi connectivity index (χ0v) is 24.2. The second kappa shape index (κ2) is 8.22. The average Bonchev–Trinajstić information content (AvgIpc) is 3.37. The topological polar surface area (TPSA) is 58.9 Å². The Morgan fingerprint density at radius 1 is 0.825 bits per heavy atom. The first-order valence-electron chi connectivity index (χ1n) is 15.4. The molecule has 0 aromatic heterocycles. The maximum absolute atomic E-state index is 10.9. The first-order chi connectivity index (χ1) is 19.0. The van der Waals surface area contributed by atoms with E-state index in [9.17, 15) is 10.2 Å². The number of aliphatic hydroxyl groups excluding tert-OH is 2. The average molecular weight is 537 g/mol. The van der Waals surface area contributed by atoms with E-state index in [1.54, 1.807) is 0 Å². The molecule has 4 saturated carbocycles. The molecule has 6 atom stereocenters. The van der Waals surface area contributed by atoms with Gasteiger partial charge in [-0.3, -0.25) is 0 Å². The van der Waals surface area contributed by atoms with E-state index >= 15 is 0 Å². The van der Waals surface area contributed by atoms with Crippen molar-refractivity contribution in [1.82, 2.24) is 0 Å². The predicted octanol–water partition coefficient (Wildman–Crippen LogP) is 6.30. The molecule has 8 rings (SSSR count). The monoisotopic (exact) mass is 536 g/mol. The zero-order chi connectivity index (χ0) is 27.7. The molecule has 5 heteroatoms. The molecular formula is C35H41BO4. The Hall–Kier alpha value is -2.18. The van der Waals surface area contributed by atoms with Crippen molar-refractivity contribution in [1.29, 1.82) is 0 Å². The van der Waals surface area contributed by atoms with Crippen LogP contribution in [-0.2, 0) is 14.7 Å². The summed E-state index contributed by atoms with van der Waals surface area (Å²) in [6.07, 6.45) is 7.21. The van der Waals surface area contributed by atoms with Gasteiger partial charge in [0, 0.05) is 0 Å². The number of benzene rings is 3. The van der Waals surface area contributed by atoms with Crippen LogP contribution in [0.3, 0.4) is 0 Å². The number of hydrogen-bond donors (Lipinski definition) is 2. The first kappa shape index (κ1) is 25.5. The van der Waals surface area contributed by atoms with Crippen molar-refractivity contribution < 1.29 is 19.5 Å². The highest BCUT2D eigenvalue weighted by atomic mass is 16.7. The second-order valence-corrected chi connectivity index (χ2v) is 14.9. The SMILES string of the molecule is CC1(C)OB(c2ccc3cc(-c4ccc(C(O)CO)c(C56CC7CC8CC(C5)[C@]8(C7)C6)c4)ccc3c2)OC1(C)C. The van der Waals surface area contributed by atoms with Gasteiger partial charge in [0.15, 0.2) is 0 Å². The van der Waals surface area contributed by atoms with E-state index in [0.717, 1.165) is 28.8 Å². The van der Waals surface area contributed by atoms with Crippen LogP contribution in [0.25, 0.3) is 21.9 Å². The summed E-state index contributed by atoms with van der Waals surface area (Å²) in [4.78, 5) is 0. The molecule has 3 aromatic carbocycles. The van der Waals surface area contributed by atoms with Gasteiger partial charge in [0.1, 0.15) is 6.10 Å². The third kappa shape index (κ3) is 3.41. The number of rotatable bonds is 5. The van der Waals surface area contributed by atoms with Crippen LogP contribution in [0.4, 0.5) is 0 Å². The van der Waals surface area contributed by atoms with Gasteiger partial charge in [0.25, 0.3) is 0 Å². The fourth-order valence-electron chi connectivity index (χ4n) is 9.83. The highest BCUT2D eigenvalue weighted by Gasteiger charge is 2.71. The summed E-state index contributed by atoms with van der Waals surface area (Å²) in [5, 5.41) is 23.2. The molecule has 1 heterocycles. The lowest BCUT2D eigenvalue weighted by atomic mass is 9.55. The minimum absolute atomic E-state index is 0.148. The molecule has 4 nitrogen and oxygen atoms in total. The highest BCUT2D eigenvalue weighted by molar-refractivity contribution is 6.62. The maximum Gasteiger partial charge on any atom is 0.494 e. The molecule has 1 saturated heterocycles. The summed E-state index contributed by atoms with van der Waals surface area (Å²) < 4.78 is 12.6. The summed E-state index contributed by atoms with van der Waals surface area (Å²) in [5.41, 5.74) is 5.67. The van der Waals surface area contributed by atoms with E-state index < -0.39 is 6.10 Å². The Bertz CT molecular complexity index is 1510. The lowest BCUT2D eigenvalue weighted by Crippen LogP contribution is -2.42. The fourth-order valence-corrected chi connectivity index (χ4v) is 9.83. The quantitative estimate of drug-likeness (QED) is 0.376. The summed E-state index contributed by atoms with van der Waals surface area (Å²) in [6, 6.07) is 19.8. The van der Waals surface area contributed by atoms with Crippen LogP contribution >= 0.6 is 0 Å². The van der Waals surface area contributed by atoms with E-state index in [2.05, 4.69) is 82.3 Å². The number of hydrogen-bond acceptors (Lipinski definition) is 4. The van der Waals surface area contributed by atoms with Gasteiger partial charge >= 0.3 is 7.12 Å². The van der Waals surface area contributed by atoms with Crippen LogP contribution in [0.1, 0.15) is 83.5 Å². The largest absolute Gasteiger partial charge is 0.494 e. The number of fused-ring (bicyclic) bond motifs is 3. The molecule has 5 aliphatic rings.